The van der Waals surface area contributed by atoms with E-state index in [2.05, 4.69) is 23.9 Å². The van der Waals surface area contributed by atoms with Crippen LogP contribution in [-0.2, 0) is 14.6 Å². The Morgan fingerprint density at radius 3 is 2.50 bits per heavy atom. The summed E-state index contributed by atoms with van der Waals surface area (Å²) >= 11 is 0. The summed E-state index contributed by atoms with van der Waals surface area (Å²) in [4.78, 5) is 3.00. The zero-order chi connectivity index (χ0) is 20.2. The summed E-state index contributed by atoms with van der Waals surface area (Å²) in [6.45, 7) is 5.49. The van der Waals surface area contributed by atoms with E-state index in [4.69, 9.17) is 14.3 Å². The first kappa shape index (κ1) is 20.5. The molecule has 8 atom stereocenters. The first-order chi connectivity index (χ1) is 13.2. The zero-order valence-electron chi connectivity index (χ0n) is 17.0. The largest absolute Gasteiger partial charge is 0.397 e. The van der Waals surface area contributed by atoms with Crippen LogP contribution in [0.4, 0.5) is 0 Å². The Bertz CT molecular complexity index is 767. The van der Waals surface area contributed by atoms with Gasteiger partial charge in [0.1, 0.15) is 0 Å². The summed E-state index contributed by atoms with van der Waals surface area (Å²) in [6.07, 6.45) is 9.22. The third kappa shape index (κ3) is 3.36. The molecule has 0 aromatic rings. The maximum Gasteiger partial charge on any atom is 0.397 e. The minimum absolute atomic E-state index is 0.242. The maximum atomic E-state index is 11.1. The molecular weight excluding hydrogens is 378 g/mol. The van der Waals surface area contributed by atoms with E-state index in [0.29, 0.717) is 36.1 Å². The molecule has 4 rings (SSSR count). The Labute approximate surface area is 168 Å². The molecule has 4 saturated carbocycles. The molecule has 0 saturated heterocycles. The molecule has 4 aliphatic rings. The van der Waals surface area contributed by atoms with Crippen LogP contribution >= 0.6 is 0 Å². The van der Waals surface area contributed by atoms with Gasteiger partial charge in [0.15, 0.2) is 0 Å². The van der Waals surface area contributed by atoms with Crippen molar-refractivity contribution in [3.63, 3.8) is 0 Å². The van der Waals surface area contributed by atoms with Crippen molar-refractivity contribution in [1.82, 2.24) is 0 Å². The number of fused-ring (bicyclic) bond motifs is 5. The summed E-state index contributed by atoms with van der Waals surface area (Å²) < 4.78 is 36.3. The van der Waals surface area contributed by atoms with Gasteiger partial charge in [0, 0.05) is 11.5 Å². The fourth-order valence-corrected chi connectivity index (χ4v) is 8.54. The van der Waals surface area contributed by atoms with Gasteiger partial charge in [-0.15, -0.1) is 0 Å². The summed E-state index contributed by atoms with van der Waals surface area (Å²) in [6, 6.07) is 0. The van der Waals surface area contributed by atoms with Crippen molar-refractivity contribution >= 4 is 10.4 Å². The third-order valence-corrected chi connectivity index (χ3v) is 9.95. The molecular formula is C20H33N3O4S. The summed E-state index contributed by atoms with van der Waals surface area (Å²) in [5, 5.41) is 3.91. The highest BCUT2D eigenvalue weighted by Crippen LogP contribution is 2.67. The van der Waals surface area contributed by atoms with Gasteiger partial charge in [-0.2, -0.15) is 8.42 Å². The van der Waals surface area contributed by atoms with E-state index in [1.807, 2.05) is 0 Å². The minimum Gasteiger partial charge on any atom is -0.264 e. The average molecular weight is 412 g/mol. The Morgan fingerprint density at radius 1 is 1.07 bits per heavy atom. The minimum atomic E-state index is -4.37. The highest BCUT2D eigenvalue weighted by molar-refractivity contribution is 7.80. The molecule has 0 spiro atoms. The lowest BCUT2D eigenvalue weighted by molar-refractivity contribution is -0.123. The number of hydrogen-bond acceptors (Lipinski definition) is 4. The van der Waals surface area contributed by atoms with E-state index >= 15 is 0 Å². The smallest absolute Gasteiger partial charge is 0.264 e. The van der Waals surface area contributed by atoms with Crippen LogP contribution in [0.1, 0.15) is 71.6 Å². The highest BCUT2D eigenvalue weighted by Gasteiger charge is 2.60. The van der Waals surface area contributed by atoms with Gasteiger partial charge in [-0.3, -0.25) is 4.55 Å². The molecule has 4 aliphatic carbocycles. The lowest BCUT2D eigenvalue weighted by Crippen LogP contribution is -2.54. The molecule has 0 bridgehead atoms. The number of nitrogens with zero attached hydrogens (tertiary/aromatic N) is 3. The molecule has 0 unspecified atom stereocenters. The third-order valence-electron chi connectivity index (χ3n) is 9.44. The van der Waals surface area contributed by atoms with E-state index in [9.17, 15) is 8.42 Å². The number of rotatable bonds is 4. The van der Waals surface area contributed by atoms with Crippen LogP contribution in [0.25, 0.3) is 10.4 Å². The van der Waals surface area contributed by atoms with Crippen LogP contribution in [0.5, 0.6) is 0 Å². The second-order valence-electron chi connectivity index (χ2n) is 10.3. The molecule has 8 heteroatoms. The van der Waals surface area contributed by atoms with Gasteiger partial charge in [0.05, 0.1) is 6.10 Å². The van der Waals surface area contributed by atoms with E-state index in [0.717, 1.165) is 31.1 Å². The fraction of sp³-hybridized carbons (Fsp3) is 1.00. The molecule has 0 aromatic carbocycles. The Hall–Kier alpha value is -0.820. The summed E-state index contributed by atoms with van der Waals surface area (Å²) in [5.41, 5.74) is 9.28. The van der Waals surface area contributed by atoms with Crippen LogP contribution in [0, 0.1) is 40.4 Å². The van der Waals surface area contributed by atoms with Crippen molar-refractivity contribution in [3.05, 3.63) is 10.4 Å². The Balaban J connectivity index is 1.51. The quantitative estimate of drug-likeness (QED) is 0.298. The molecule has 7 nitrogen and oxygen atoms in total. The molecule has 0 aliphatic heterocycles. The normalized spacial score (nSPS) is 48.1. The maximum absolute atomic E-state index is 11.1. The van der Waals surface area contributed by atoms with Crippen LogP contribution in [0.15, 0.2) is 5.11 Å². The van der Waals surface area contributed by atoms with Crippen LogP contribution < -0.4 is 0 Å². The predicted octanol–water partition coefficient (Wildman–Crippen LogP) is 5.14. The van der Waals surface area contributed by atoms with Gasteiger partial charge in [-0.1, -0.05) is 19.0 Å². The van der Waals surface area contributed by atoms with Gasteiger partial charge in [-0.05, 0) is 104 Å². The Morgan fingerprint density at radius 2 is 1.79 bits per heavy atom. The molecule has 158 valence electrons. The molecule has 0 radical (unpaired) electrons. The number of hydrogen-bond donors (Lipinski definition) is 1. The molecule has 28 heavy (non-hydrogen) atoms. The van der Waals surface area contributed by atoms with Crippen LogP contribution in [0.2, 0.25) is 0 Å². The molecule has 0 heterocycles. The lowest BCUT2D eigenvalue weighted by atomic mass is 9.44. The zero-order valence-corrected chi connectivity index (χ0v) is 17.8. The van der Waals surface area contributed by atoms with Crippen molar-refractivity contribution in [3.8, 4) is 0 Å². The fourth-order valence-electron chi connectivity index (χ4n) is 8.02. The topological polar surface area (TPSA) is 112 Å². The van der Waals surface area contributed by atoms with E-state index in [1.165, 1.54) is 32.1 Å². The molecule has 0 aromatic heterocycles. The predicted molar refractivity (Wildman–Crippen MR) is 106 cm³/mol. The molecule has 4 fully saturated rings. The van der Waals surface area contributed by atoms with Crippen molar-refractivity contribution in [2.45, 2.75) is 77.7 Å². The van der Waals surface area contributed by atoms with Crippen molar-refractivity contribution in [2.24, 2.45) is 45.5 Å². The number of azide groups is 1. The van der Waals surface area contributed by atoms with E-state index < -0.39 is 10.4 Å². The molecule has 0 amide bonds. The summed E-state index contributed by atoms with van der Waals surface area (Å²) in [7, 11) is -4.37. The van der Waals surface area contributed by atoms with E-state index in [1.54, 1.807) is 0 Å². The Kier molecular flexibility index (Phi) is 5.22. The van der Waals surface area contributed by atoms with Crippen molar-refractivity contribution < 1.29 is 17.2 Å². The second kappa shape index (κ2) is 7.15. The second-order valence-corrected chi connectivity index (χ2v) is 11.4. The highest BCUT2D eigenvalue weighted by atomic mass is 32.3. The molecule has 1 N–H and O–H groups in total. The SMILES string of the molecule is C[C@]12CC[C@@H](OS(=O)(=O)O)C[C@H]1CC[C@@H]1[C@@H]2CC[C@]2(C)[C@@H](CN=[N+]=[N-])CC[C@@H]12. The summed E-state index contributed by atoms with van der Waals surface area (Å²) in [5.74, 6) is 3.12. The first-order valence-corrected chi connectivity index (χ1v) is 12.2. The van der Waals surface area contributed by atoms with Crippen molar-refractivity contribution in [2.75, 3.05) is 6.54 Å². The van der Waals surface area contributed by atoms with Gasteiger partial charge >= 0.3 is 10.4 Å². The van der Waals surface area contributed by atoms with E-state index in [-0.39, 0.29) is 11.5 Å². The average Bonchev–Trinajstić information content (AvgIpc) is 2.95. The lowest BCUT2D eigenvalue weighted by Gasteiger charge is -2.61. The standard InChI is InChI=1S/C20H33N3O4S/c1-19-9-7-15(27-28(24,25)26)11-13(19)3-5-16-17-6-4-14(12-22-23-21)20(17,2)10-8-18(16)19/h13-18H,3-12H2,1-2H3,(H,24,25,26)/t13-,14-,15-,16+,17+,18+,19+,20-/m1/s1. The van der Waals surface area contributed by atoms with Gasteiger partial charge < -0.3 is 0 Å². The first-order valence-electron chi connectivity index (χ1n) is 10.8. The van der Waals surface area contributed by atoms with Crippen molar-refractivity contribution in [1.29, 1.82) is 0 Å². The van der Waals surface area contributed by atoms with Gasteiger partial charge in [0.2, 0.25) is 0 Å². The monoisotopic (exact) mass is 411 g/mol. The van der Waals surface area contributed by atoms with Gasteiger partial charge in [0.25, 0.3) is 0 Å². The van der Waals surface area contributed by atoms with Crippen LogP contribution in [0.3, 0.4) is 0 Å². The van der Waals surface area contributed by atoms with Crippen LogP contribution in [-0.4, -0.2) is 25.6 Å². The van der Waals surface area contributed by atoms with Gasteiger partial charge in [-0.25, -0.2) is 4.18 Å².